The van der Waals surface area contributed by atoms with Gasteiger partial charge in [-0.1, -0.05) is 24.3 Å². The number of halogens is 1. The summed E-state index contributed by atoms with van der Waals surface area (Å²) in [6.45, 7) is 1.86. The number of para-hydroxylation sites is 1. The molecule has 0 bridgehead atoms. The highest BCUT2D eigenvalue weighted by atomic mass is 79.9. The van der Waals surface area contributed by atoms with E-state index in [1.54, 1.807) is 24.3 Å². The summed E-state index contributed by atoms with van der Waals surface area (Å²) in [6.07, 6.45) is 1.73. The van der Waals surface area contributed by atoms with Gasteiger partial charge in [0.25, 0.3) is 0 Å². The number of hydrogen-bond acceptors (Lipinski definition) is 3. The lowest BCUT2D eigenvalue weighted by Gasteiger charge is -2.28. The van der Waals surface area contributed by atoms with Gasteiger partial charge in [0.1, 0.15) is 0 Å². The summed E-state index contributed by atoms with van der Waals surface area (Å²) in [5.41, 5.74) is 7.48. The number of piperidine rings is 1. The van der Waals surface area contributed by atoms with Crippen molar-refractivity contribution in [1.82, 2.24) is 4.90 Å². The maximum absolute atomic E-state index is 12.9. The number of amides is 2. The van der Waals surface area contributed by atoms with Crippen molar-refractivity contribution < 1.29 is 9.59 Å². The molecule has 3 rings (SSSR count). The Morgan fingerprint density at radius 1 is 1.12 bits per heavy atom. The van der Waals surface area contributed by atoms with E-state index in [4.69, 9.17) is 5.73 Å². The first-order valence-electron chi connectivity index (χ1n) is 8.64. The number of nitrogens with two attached hydrogens (primary N) is 1. The minimum Gasteiger partial charge on any atom is -0.351 e. The normalized spacial score (nSPS) is 15.6. The van der Waals surface area contributed by atoms with Crippen molar-refractivity contribution in [2.75, 3.05) is 25.0 Å². The second kappa shape index (κ2) is 8.01. The van der Waals surface area contributed by atoms with E-state index in [0.29, 0.717) is 16.9 Å². The van der Waals surface area contributed by atoms with Gasteiger partial charge in [0, 0.05) is 16.0 Å². The van der Waals surface area contributed by atoms with Crippen LogP contribution in [0.25, 0.3) is 0 Å². The van der Waals surface area contributed by atoms with Gasteiger partial charge in [-0.05, 0) is 73.2 Å². The molecule has 0 aromatic heterocycles. The molecule has 2 aromatic carbocycles. The minimum atomic E-state index is -0.596. The Morgan fingerprint density at radius 3 is 2.46 bits per heavy atom. The third-order valence-electron chi connectivity index (χ3n) is 4.79. The largest absolute Gasteiger partial charge is 0.351 e. The van der Waals surface area contributed by atoms with Crippen LogP contribution in [0.3, 0.4) is 0 Å². The van der Waals surface area contributed by atoms with Crippen LogP contribution in [0.4, 0.5) is 16.2 Å². The number of nitrogens with zero attached hydrogens (tertiary/aromatic N) is 2. The van der Waals surface area contributed by atoms with Gasteiger partial charge in [-0.2, -0.15) is 0 Å². The zero-order valence-corrected chi connectivity index (χ0v) is 16.3. The molecule has 1 heterocycles. The van der Waals surface area contributed by atoms with Crippen molar-refractivity contribution in [3.63, 3.8) is 0 Å². The molecular weight excluding hydrogens is 394 g/mol. The van der Waals surface area contributed by atoms with Crippen LogP contribution in [0.15, 0.2) is 53.0 Å². The first-order chi connectivity index (χ1) is 12.5. The fraction of sp³-hybridized carbons (Fsp3) is 0.300. The zero-order valence-electron chi connectivity index (χ0n) is 14.7. The SMILES string of the molecule is CN1CCC(C(=O)c2cccc(N(C(N)=O)c3ccccc3Br)c2)CC1. The van der Waals surface area contributed by atoms with E-state index in [0.717, 1.165) is 30.4 Å². The van der Waals surface area contributed by atoms with Gasteiger partial charge in [-0.3, -0.25) is 9.69 Å². The van der Waals surface area contributed by atoms with Crippen LogP contribution in [0.5, 0.6) is 0 Å². The van der Waals surface area contributed by atoms with E-state index in [-0.39, 0.29) is 11.7 Å². The average Bonchev–Trinajstić information content (AvgIpc) is 2.64. The van der Waals surface area contributed by atoms with Crippen molar-refractivity contribution in [3.05, 3.63) is 58.6 Å². The smallest absolute Gasteiger partial charge is 0.323 e. The summed E-state index contributed by atoms with van der Waals surface area (Å²) in [5.74, 6) is 0.170. The number of benzene rings is 2. The molecule has 0 aliphatic carbocycles. The summed E-state index contributed by atoms with van der Waals surface area (Å²) >= 11 is 3.46. The predicted molar refractivity (Wildman–Crippen MR) is 107 cm³/mol. The molecule has 0 spiro atoms. The van der Waals surface area contributed by atoms with Crippen LogP contribution in [0.1, 0.15) is 23.2 Å². The number of hydrogen-bond donors (Lipinski definition) is 1. The van der Waals surface area contributed by atoms with Gasteiger partial charge in [-0.15, -0.1) is 0 Å². The van der Waals surface area contributed by atoms with Crippen molar-refractivity contribution >= 4 is 39.1 Å². The number of carbonyl (C=O) groups is 2. The Hall–Kier alpha value is -2.18. The van der Waals surface area contributed by atoms with Gasteiger partial charge in [0.05, 0.1) is 11.4 Å². The third-order valence-corrected chi connectivity index (χ3v) is 5.46. The maximum atomic E-state index is 12.9. The number of likely N-dealkylation sites (tertiary alicyclic amines) is 1. The molecule has 2 amide bonds. The first-order valence-corrected chi connectivity index (χ1v) is 9.43. The predicted octanol–water partition coefficient (Wildman–Crippen LogP) is 4.19. The molecule has 1 aliphatic heterocycles. The molecule has 26 heavy (non-hydrogen) atoms. The lowest BCUT2D eigenvalue weighted by Crippen LogP contribution is -2.34. The zero-order chi connectivity index (χ0) is 18.7. The molecule has 2 N–H and O–H groups in total. The molecule has 1 saturated heterocycles. The number of carbonyl (C=O) groups excluding carboxylic acids is 2. The average molecular weight is 416 g/mol. The second-order valence-corrected chi connectivity index (χ2v) is 7.47. The standard InChI is InChI=1S/C20H22BrN3O2/c1-23-11-9-14(10-12-23)19(25)15-5-4-6-16(13-15)24(20(22)26)18-8-3-2-7-17(18)21/h2-8,13-14H,9-12H2,1H3,(H2,22,26). The Balaban J connectivity index is 1.91. The third kappa shape index (κ3) is 3.97. The summed E-state index contributed by atoms with van der Waals surface area (Å²) in [4.78, 5) is 28.7. The molecule has 0 unspecified atom stereocenters. The molecule has 6 heteroatoms. The Kier molecular flexibility index (Phi) is 5.74. The Bertz CT molecular complexity index is 816. The summed E-state index contributed by atoms with van der Waals surface area (Å²) in [5, 5.41) is 0. The Labute approximate surface area is 161 Å². The molecule has 1 aliphatic rings. The molecule has 5 nitrogen and oxygen atoms in total. The fourth-order valence-corrected chi connectivity index (χ4v) is 3.78. The number of urea groups is 1. The minimum absolute atomic E-state index is 0.0342. The molecular formula is C20H22BrN3O2. The monoisotopic (exact) mass is 415 g/mol. The van der Waals surface area contributed by atoms with E-state index in [1.165, 1.54) is 4.90 Å². The van der Waals surface area contributed by atoms with Gasteiger partial charge in [0.2, 0.25) is 0 Å². The number of primary amides is 1. The van der Waals surface area contributed by atoms with Crippen LogP contribution in [-0.2, 0) is 0 Å². The van der Waals surface area contributed by atoms with Crippen molar-refractivity contribution in [1.29, 1.82) is 0 Å². The molecule has 0 saturated carbocycles. The molecule has 2 aromatic rings. The summed E-state index contributed by atoms with van der Waals surface area (Å²) in [7, 11) is 2.07. The van der Waals surface area contributed by atoms with E-state index >= 15 is 0 Å². The highest BCUT2D eigenvalue weighted by Crippen LogP contribution is 2.33. The number of ketones is 1. The maximum Gasteiger partial charge on any atom is 0.323 e. The number of Topliss-reactive ketones (excluding diaryl/α,β-unsaturated/α-hetero) is 1. The van der Waals surface area contributed by atoms with E-state index in [1.807, 2.05) is 24.3 Å². The van der Waals surface area contributed by atoms with Crippen molar-refractivity contribution in [2.24, 2.45) is 11.7 Å². The summed E-state index contributed by atoms with van der Waals surface area (Å²) < 4.78 is 0.755. The second-order valence-electron chi connectivity index (χ2n) is 6.62. The lowest BCUT2D eigenvalue weighted by atomic mass is 9.89. The number of rotatable bonds is 4. The van der Waals surface area contributed by atoms with Crippen LogP contribution in [-0.4, -0.2) is 36.9 Å². The van der Waals surface area contributed by atoms with Gasteiger partial charge in [0.15, 0.2) is 5.78 Å². The quantitative estimate of drug-likeness (QED) is 0.761. The van der Waals surface area contributed by atoms with Gasteiger partial charge < -0.3 is 10.6 Å². The van der Waals surface area contributed by atoms with Crippen LogP contribution < -0.4 is 10.6 Å². The molecule has 0 atom stereocenters. The highest BCUT2D eigenvalue weighted by Gasteiger charge is 2.25. The molecule has 136 valence electrons. The lowest BCUT2D eigenvalue weighted by molar-refractivity contribution is 0.0857. The van der Waals surface area contributed by atoms with E-state index in [9.17, 15) is 9.59 Å². The fourth-order valence-electron chi connectivity index (χ4n) is 3.32. The topological polar surface area (TPSA) is 66.6 Å². The highest BCUT2D eigenvalue weighted by molar-refractivity contribution is 9.10. The van der Waals surface area contributed by atoms with Crippen molar-refractivity contribution in [3.8, 4) is 0 Å². The first kappa shape index (κ1) is 18.6. The van der Waals surface area contributed by atoms with Crippen molar-refractivity contribution in [2.45, 2.75) is 12.8 Å². The molecule has 1 fully saturated rings. The van der Waals surface area contributed by atoms with Gasteiger partial charge >= 0.3 is 6.03 Å². The number of anilines is 2. The molecule has 0 radical (unpaired) electrons. The Morgan fingerprint density at radius 2 is 1.81 bits per heavy atom. The van der Waals surface area contributed by atoms with Crippen LogP contribution >= 0.6 is 15.9 Å². The van der Waals surface area contributed by atoms with Crippen LogP contribution in [0, 0.1) is 5.92 Å². The summed E-state index contributed by atoms with van der Waals surface area (Å²) in [6, 6.07) is 13.9. The van der Waals surface area contributed by atoms with Crippen LogP contribution in [0.2, 0.25) is 0 Å². The van der Waals surface area contributed by atoms with Gasteiger partial charge in [-0.25, -0.2) is 4.79 Å². The van der Waals surface area contributed by atoms with E-state index < -0.39 is 6.03 Å². The van der Waals surface area contributed by atoms with E-state index in [2.05, 4.69) is 27.9 Å².